The predicted molar refractivity (Wildman–Crippen MR) is 132 cm³/mol. The van der Waals surface area contributed by atoms with Gasteiger partial charge in [0.1, 0.15) is 0 Å². The lowest BCUT2D eigenvalue weighted by molar-refractivity contribution is 0.442. The van der Waals surface area contributed by atoms with Gasteiger partial charge in [-0.2, -0.15) is 0 Å². The van der Waals surface area contributed by atoms with E-state index in [9.17, 15) is 0 Å². The van der Waals surface area contributed by atoms with E-state index >= 15 is 0 Å². The van der Waals surface area contributed by atoms with Gasteiger partial charge < -0.3 is 10.2 Å². The first kappa shape index (κ1) is 24.4. The first-order chi connectivity index (χ1) is 14.4. The topological polar surface area (TPSA) is 40.0 Å². The van der Waals surface area contributed by atoms with E-state index in [4.69, 9.17) is 4.99 Å². The summed E-state index contributed by atoms with van der Waals surface area (Å²) in [5, 5.41) is 3.32. The van der Waals surface area contributed by atoms with Crippen molar-refractivity contribution < 1.29 is 0 Å². The van der Waals surface area contributed by atoms with E-state index in [0.29, 0.717) is 17.9 Å². The summed E-state index contributed by atoms with van der Waals surface area (Å²) in [7, 11) is 4.37. The Morgan fingerprint density at radius 2 is 1.87 bits per heavy atom. The zero-order valence-electron chi connectivity index (χ0n) is 20.1. The molecule has 2 saturated carbocycles. The molecule has 0 spiro atoms. The molecule has 0 aliphatic heterocycles. The molecule has 0 radical (unpaired) electrons. The normalized spacial score (nSPS) is 20.8. The van der Waals surface area contributed by atoms with E-state index in [-0.39, 0.29) is 0 Å². The van der Waals surface area contributed by atoms with E-state index in [1.165, 1.54) is 74.6 Å². The van der Waals surface area contributed by atoms with Crippen LogP contribution in [-0.4, -0.2) is 37.7 Å². The number of hydrogen-bond acceptors (Lipinski definition) is 2. The summed E-state index contributed by atoms with van der Waals surface area (Å²) in [6.45, 7) is 10.4. The number of allylic oxidation sites excluding steroid dienone is 5. The highest BCUT2D eigenvalue weighted by Crippen LogP contribution is 2.37. The number of hydrogen-bond donors (Lipinski definition) is 1. The Morgan fingerprint density at radius 1 is 1.17 bits per heavy atom. The van der Waals surface area contributed by atoms with Crippen LogP contribution in [0.15, 0.2) is 45.2 Å². The summed E-state index contributed by atoms with van der Waals surface area (Å²) < 4.78 is 0. The number of guanidine groups is 1. The highest BCUT2D eigenvalue weighted by Gasteiger charge is 2.24. The second-order valence-corrected chi connectivity index (χ2v) is 9.47. The Labute approximate surface area is 185 Å². The first-order valence-electron chi connectivity index (χ1n) is 12.0. The smallest absolute Gasteiger partial charge is 0.221 e. The molecule has 2 rings (SSSR count). The molecule has 2 fully saturated rings. The molecule has 168 valence electrons. The van der Waals surface area contributed by atoms with Crippen LogP contribution in [0, 0.1) is 11.8 Å². The van der Waals surface area contributed by atoms with Crippen molar-refractivity contribution in [2.75, 3.05) is 14.1 Å². The van der Waals surface area contributed by atoms with Crippen LogP contribution in [0.2, 0.25) is 0 Å². The maximum atomic E-state index is 4.78. The molecule has 2 aliphatic carbocycles. The highest BCUT2D eigenvalue weighted by molar-refractivity contribution is 5.85. The van der Waals surface area contributed by atoms with E-state index in [0.717, 1.165) is 12.3 Å². The third kappa shape index (κ3) is 8.89. The maximum absolute atomic E-state index is 4.78. The Hall–Kier alpha value is -1.84. The molecule has 0 bridgehead atoms. The molecule has 30 heavy (non-hydrogen) atoms. The molecule has 0 heterocycles. The van der Waals surface area contributed by atoms with Crippen LogP contribution >= 0.6 is 0 Å². The van der Waals surface area contributed by atoms with Crippen LogP contribution in [0.25, 0.3) is 0 Å². The second-order valence-electron chi connectivity index (χ2n) is 9.47. The number of aliphatic imine (C=N–C) groups is 2. The Bertz CT molecular complexity index is 659. The molecule has 4 heteroatoms. The Kier molecular flexibility index (Phi) is 10.4. The SMILES string of the molecule is C=NC(=NC1CCCCC1)N/C=C(/C)CC(/C=C/C(C)CC)=C(\CC1CC1)N(C)C. The highest BCUT2D eigenvalue weighted by atomic mass is 15.1. The van der Waals surface area contributed by atoms with Crippen molar-refractivity contribution in [3.8, 4) is 0 Å². The van der Waals surface area contributed by atoms with Gasteiger partial charge >= 0.3 is 0 Å². The molecular weight excluding hydrogens is 368 g/mol. The van der Waals surface area contributed by atoms with Gasteiger partial charge in [-0.3, -0.25) is 0 Å². The molecule has 1 N–H and O–H groups in total. The zero-order valence-corrected chi connectivity index (χ0v) is 20.1. The third-order valence-electron chi connectivity index (χ3n) is 6.31. The molecule has 0 aromatic rings. The standard InChI is InChI=1S/C26H44N4/c1-7-20(2)13-16-23(25(30(5)6)18-22-14-15-22)17-21(3)19-28-26(27-4)29-24-11-9-8-10-12-24/h13,16,19-20,22,24H,4,7-12,14-15,17-18H2,1-3,5-6H3,(H,28,29)/b16-13+,21-19-,25-23+. The van der Waals surface area contributed by atoms with Gasteiger partial charge in [-0.1, -0.05) is 57.3 Å². The molecule has 0 aromatic heterocycles. The molecule has 0 aromatic carbocycles. The van der Waals surface area contributed by atoms with Crippen molar-refractivity contribution >= 4 is 12.7 Å². The molecule has 0 amide bonds. The van der Waals surface area contributed by atoms with Crippen molar-refractivity contribution in [2.45, 2.75) is 91.0 Å². The first-order valence-corrected chi connectivity index (χ1v) is 12.0. The fraction of sp³-hybridized carbons (Fsp3) is 0.692. The van der Waals surface area contributed by atoms with Gasteiger partial charge in [0.25, 0.3) is 0 Å². The lowest BCUT2D eigenvalue weighted by Gasteiger charge is -2.22. The van der Waals surface area contributed by atoms with Crippen molar-refractivity contribution in [1.82, 2.24) is 10.2 Å². The average molecular weight is 413 g/mol. The van der Waals surface area contributed by atoms with Gasteiger partial charge in [-0.15, -0.1) is 0 Å². The molecule has 0 saturated heterocycles. The van der Waals surface area contributed by atoms with Gasteiger partial charge in [0.2, 0.25) is 5.96 Å². The van der Waals surface area contributed by atoms with Crippen LogP contribution in [0.5, 0.6) is 0 Å². The fourth-order valence-electron chi connectivity index (χ4n) is 3.92. The van der Waals surface area contributed by atoms with Crippen LogP contribution in [0.1, 0.15) is 85.0 Å². The van der Waals surface area contributed by atoms with Gasteiger partial charge in [0, 0.05) is 26.0 Å². The summed E-state index contributed by atoms with van der Waals surface area (Å²) in [5.41, 5.74) is 4.19. The molecule has 1 unspecified atom stereocenters. The summed E-state index contributed by atoms with van der Waals surface area (Å²) in [6.07, 6.45) is 19.1. The Morgan fingerprint density at radius 3 is 2.43 bits per heavy atom. The minimum Gasteiger partial charge on any atom is -0.381 e. The van der Waals surface area contributed by atoms with Gasteiger partial charge in [-0.25, -0.2) is 9.98 Å². The van der Waals surface area contributed by atoms with Crippen molar-refractivity contribution in [3.63, 3.8) is 0 Å². The third-order valence-corrected chi connectivity index (χ3v) is 6.31. The lowest BCUT2D eigenvalue weighted by Crippen LogP contribution is -2.20. The van der Waals surface area contributed by atoms with Crippen molar-refractivity contribution in [1.29, 1.82) is 0 Å². The minimum atomic E-state index is 0.397. The summed E-state index contributed by atoms with van der Waals surface area (Å²) >= 11 is 0. The summed E-state index contributed by atoms with van der Waals surface area (Å²) in [5.74, 6) is 2.13. The fourth-order valence-corrected chi connectivity index (χ4v) is 3.92. The summed E-state index contributed by atoms with van der Waals surface area (Å²) in [4.78, 5) is 11.2. The van der Waals surface area contributed by atoms with E-state index in [1.54, 1.807) is 0 Å². The molecule has 4 nitrogen and oxygen atoms in total. The largest absolute Gasteiger partial charge is 0.381 e. The van der Waals surface area contributed by atoms with E-state index in [1.807, 2.05) is 0 Å². The van der Waals surface area contributed by atoms with E-state index in [2.05, 4.69) is 75.1 Å². The second kappa shape index (κ2) is 12.8. The van der Waals surface area contributed by atoms with Gasteiger partial charge in [0.15, 0.2) is 0 Å². The Balaban J connectivity index is 2.12. The van der Waals surface area contributed by atoms with Crippen LogP contribution in [0.4, 0.5) is 0 Å². The van der Waals surface area contributed by atoms with Crippen molar-refractivity contribution in [3.05, 3.63) is 35.2 Å². The van der Waals surface area contributed by atoms with Crippen LogP contribution in [0.3, 0.4) is 0 Å². The molecule has 2 aliphatic rings. The maximum Gasteiger partial charge on any atom is 0.221 e. The molecular formula is C26H44N4. The number of nitrogens with zero attached hydrogens (tertiary/aromatic N) is 3. The average Bonchev–Trinajstić information content (AvgIpc) is 3.57. The predicted octanol–water partition coefficient (Wildman–Crippen LogP) is 6.48. The van der Waals surface area contributed by atoms with Crippen LogP contribution < -0.4 is 5.32 Å². The number of nitrogens with one attached hydrogen (secondary N) is 1. The minimum absolute atomic E-state index is 0.397. The zero-order chi connectivity index (χ0) is 21.9. The van der Waals surface area contributed by atoms with E-state index < -0.39 is 0 Å². The van der Waals surface area contributed by atoms with Gasteiger partial charge in [-0.05, 0) is 69.6 Å². The molecule has 1 atom stereocenters. The van der Waals surface area contributed by atoms with Gasteiger partial charge in [0.05, 0.1) is 6.04 Å². The van der Waals surface area contributed by atoms with Crippen LogP contribution in [-0.2, 0) is 0 Å². The number of rotatable bonds is 10. The quantitative estimate of drug-likeness (QED) is 0.253. The monoisotopic (exact) mass is 412 g/mol. The lowest BCUT2D eigenvalue weighted by atomic mass is 9.96. The van der Waals surface area contributed by atoms with Crippen molar-refractivity contribution in [2.24, 2.45) is 21.8 Å². The summed E-state index contributed by atoms with van der Waals surface area (Å²) in [6, 6.07) is 0.397.